The second-order valence-corrected chi connectivity index (χ2v) is 5.29. The summed E-state index contributed by atoms with van der Waals surface area (Å²) in [6, 6.07) is 4.52. The molecule has 7 heteroatoms. The van der Waals surface area contributed by atoms with Crippen LogP contribution in [0.25, 0.3) is 11.4 Å². The van der Waals surface area contributed by atoms with Crippen molar-refractivity contribution in [2.75, 3.05) is 0 Å². The molecule has 0 fully saturated rings. The van der Waals surface area contributed by atoms with Crippen molar-refractivity contribution in [1.82, 2.24) is 20.2 Å². The third-order valence-electron chi connectivity index (χ3n) is 3.39. The van der Waals surface area contributed by atoms with E-state index in [4.69, 9.17) is 5.11 Å². The Morgan fingerprint density at radius 3 is 2.76 bits per heavy atom. The van der Waals surface area contributed by atoms with Crippen LogP contribution < -0.4 is 0 Å². The van der Waals surface area contributed by atoms with Gasteiger partial charge in [-0.05, 0) is 34.9 Å². The minimum atomic E-state index is -0.945. The molecular weight excluding hydrogens is 275 g/mol. The number of halogens is 1. The van der Waals surface area contributed by atoms with Gasteiger partial charge < -0.3 is 5.11 Å². The molecule has 0 bridgehead atoms. The number of benzene rings is 1. The highest BCUT2D eigenvalue weighted by Gasteiger charge is 2.25. The van der Waals surface area contributed by atoms with Crippen molar-refractivity contribution < 1.29 is 14.3 Å². The summed E-state index contributed by atoms with van der Waals surface area (Å²) in [5.74, 6) is -1.10. The molecule has 0 spiro atoms. The highest BCUT2D eigenvalue weighted by atomic mass is 19.1. The van der Waals surface area contributed by atoms with E-state index in [1.807, 2.05) is 13.8 Å². The average Bonchev–Trinajstić information content (AvgIpc) is 2.87. The third kappa shape index (κ3) is 3.07. The number of hydrogen-bond acceptors (Lipinski definition) is 4. The Morgan fingerprint density at radius 1 is 1.43 bits per heavy atom. The summed E-state index contributed by atoms with van der Waals surface area (Å²) >= 11 is 0. The number of carbonyl (C=O) groups is 1. The Labute approximate surface area is 121 Å². The number of carboxylic acid groups (broad SMARTS) is 1. The van der Waals surface area contributed by atoms with Crippen LogP contribution in [0.5, 0.6) is 0 Å². The first-order valence-corrected chi connectivity index (χ1v) is 6.67. The van der Waals surface area contributed by atoms with E-state index in [0.717, 1.165) is 0 Å². The van der Waals surface area contributed by atoms with Gasteiger partial charge in [0.2, 0.25) is 0 Å². The van der Waals surface area contributed by atoms with Crippen molar-refractivity contribution in [3.05, 3.63) is 29.6 Å². The fourth-order valence-electron chi connectivity index (χ4n) is 2.20. The number of tetrazole rings is 1. The number of aromatic nitrogens is 4. The Morgan fingerprint density at radius 2 is 2.14 bits per heavy atom. The molecule has 1 unspecified atom stereocenters. The van der Waals surface area contributed by atoms with Crippen molar-refractivity contribution in [1.29, 1.82) is 0 Å². The first kappa shape index (κ1) is 15.1. The average molecular weight is 292 g/mol. The van der Waals surface area contributed by atoms with E-state index in [-0.39, 0.29) is 23.7 Å². The molecule has 1 N–H and O–H groups in total. The summed E-state index contributed by atoms with van der Waals surface area (Å²) in [5.41, 5.74) is 0.762. The molecule has 0 saturated heterocycles. The highest BCUT2D eigenvalue weighted by molar-refractivity contribution is 5.67. The molecule has 0 aliphatic rings. The Kier molecular flexibility index (Phi) is 4.30. The van der Waals surface area contributed by atoms with Crippen LogP contribution in [0.15, 0.2) is 18.2 Å². The summed E-state index contributed by atoms with van der Waals surface area (Å²) < 4.78 is 15.6. The first-order valence-electron chi connectivity index (χ1n) is 6.67. The molecule has 2 aromatic rings. The van der Waals surface area contributed by atoms with Crippen molar-refractivity contribution in [2.45, 2.75) is 33.2 Å². The van der Waals surface area contributed by atoms with Gasteiger partial charge in [0.25, 0.3) is 0 Å². The fourth-order valence-corrected chi connectivity index (χ4v) is 2.20. The highest BCUT2D eigenvalue weighted by Crippen LogP contribution is 2.28. The maximum absolute atomic E-state index is 14.2. The molecule has 0 saturated carbocycles. The largest absolute Gasteiger partial charge is 0.481 e. The van der Waals surface area contributed by atoms with E-state index < -0.39 is 17.8 Å². The van der Waals surface area contributed by atoms with Crippen LogP contribution in [0, 0.1) is 18.7 Å². The van der Waals surface area contributed by atoms with Crippen LogP contribution >= 0.6 is 0 Å². The molecule has 1 aromatic heterocycles. The standard InChI is InChI=1S/C14H17FN4O2/c1-8(2)11(7-12(20)21)19-14(16-17-18-19)10-6-4-5-9(3)13(10)15/h4-6,8,11H,7H2,1-3H3,(H,20,21). The fraction of sp³-hybridized carbons (Fsp3) is 0.429. The molecular formula is C14H17FN4O2. The van der Waals surface area contributed by atoms with E-state index in [2.05, 4.69) is 15.5 Å². The molecule has 1 atom stereocenters. The second-order valence-electron chi connectivity index (χ2n) is 5.29. The molecule has 21 heavy (non-hydrogen) atoms. The van der Waals surface area contributed by atoms with Crippen LogP contribution in [0.1, 0.15) is 31.9 Å². The van der Waals surface area contributed by atoms with Gasteiger partial charge in [0.1, 0.15) is 5.82 Å². The summed E-state index contributed by atoms with van der Waals surface area (Å²) in [5, 5.41) is 20.4. The van der Waals surface area contributed by atoms with Crippen LogP contribution in [0.3, 0.4) is 0 Å². The maximum Gasteiger partial charge on any atom is 0.305 e. The summed E-state index contributed by atoms with van der Waals surface area (Å²) in [6.07, 6.45) is -0.122. The molecule has 112 valence electrons. The molecule has 1 aromatic carbocycles. The Bertz CT molecular complexity index is 654. The van der Waals surface area contributed by atoms with Crippen LogP contribution in [-0.2, 0) is 4.79 Å². The van der Waals surface area contributed by atoms with E-state index in [9.17, 15) is 9.18 Å². The molecule has 6 nitrogen and oxygen atoms in total. The Balaban J connectivity index is 2.51. The number of aryl methyl sites for hydroxylation is 1. The summed E-state index contributed by atoms with van der Waals surface area (Å²) in [7, 11) is 0. The zero-order valence-corrected chi connectivity index (χ0v) is 12.1. The molecule has 2 rings (SSSR count). The molecule has 1 heterocycles. The number of nitrogens with zero attached hydrogens (tertiary/aromatic N) is 4. The van der Waals surface area contributed by atoms with Crippen molar-refractivity contribution >= 4 is 5.97 Å². The van der Waals surface area contributed by atoms with Crippen LogP contribution in [0.4, 0.5) is 4.39 Å². The minimum Gasteiger partial charge on any atom is -0.481 e. The second kappa shape index (κ2) is 5.99. The van der Waals surface area contributed by atoms with Crippen molar-refractivity contribution in [3.8, 4) is 11.4 Å². The van der Waals surface area contributed by atoms with Crippen molar-refractivity contribution in [3.63, 3.8) is 0 Å². The van der Waals surface area contributed by atoms with Gasteiger partial charge >= 0.3 is 5.97 Å². The number of hydrogen-bond donors (Lipinski definition) is 1. The lowest BCUT2D eigenvalue weighted by Gasteiger charge is -2.20. The zero-order chi connectivity index (χ0) is 15.6. The van der Waals surface area contributed by atoms with Crippen molar-refractivity contribution in [2.24, 2.45) is 5.92 Å². The molecule has 0 amide bonds. The molecule has 0 radical (unpaired) electrons. The lowest BCUT2D eigenvalue weighted by molar-refractivity contribution is -0.138. The smallest absolute Gasteiger partial charge is 0.305 e. The normalized spacial score (nSPS) is 12.6. The Hall–Kier alpha value is -2.31. The predicted octanol–water partition coefficient (Wildman–Crippen LogP) is 2.46. The van der Waals surface area contributed by atoms with Gasteiger partial charge in [-0.2, -0.15) is 0 Å². The molecule has 0 aliphatic carbocycles. The zero-order valence-electron chi connectivity index (χ0n) is 12.1. The first-order chi connectivity index (χ1) is 9.91. The van der Waals surface area contributed by atoms with Gasteiger partial charge in [0.05, 0.1) is 18.0 Å². The van der Waals surface area contributed by atoms with Gasteiger partial charge in [0.15, 0.2) is 5.82 Å². The number of carboxylic acids is 1. The minimum absolute atomic E-state index is 0.00350. The number of rotatable bonds is 5. The molecule has 0 aliphatic heterocycles. The van der Waals surface area contributed by atoms with Crippen LogP contribution in [0.2, 0.25) is 0 Å². The van der Waals surface area contributed by atoms with Gasteiger partial charge in [-0.25, -0.2) is 9.07 Å². The van der Waals surface area contributed by atoms with Gasteiger partial charge in [-0.3, -0.25) is 4.79 Å². The summed E-state index contributed by atoms with van der Waals surface area (Å²) in [4.78, 5) is 11.0. The van der Waals surface area contributed by atoms with E-state index in [1.54, 1.807) is 25.1 Å². The SMILES string of the molecule is Cc1cccc(-c2nnnn2C(CC(=O)O)C(C)C)c1F. The van der Waals surface area contributed by atoms with Gasteiger partial charge in [-0.1, -0.05) is 26.0 Å². The van der Waals surface area contributed by atoms with Gasteiger partial charge in [-0.15, -0.1) is 5.10 Å². The number of aliphatic carboxylic acids is 1. The lowest BCUT2D eigenvalue weighted by Crippen LogP contribution is -2.21. The van der Waals surface area contributed by atoms with E-state index in [0.29, 0.717) is 5.56 Å². The maximum atomic E-state index is 14.2. The lowest BCUT2D eigenvalue weighted by atomic mass is 10.0. The quantitative estimate of drug-likeness (QED) is 0.915. The van der Waals surface area contributed by atoms with Crippen LogP contribution in [-0.4, -0.2) is 31.3 Å². The predicted molar refractivity (Wildman–Crippen MR) is 74.1 cm³/mol. The topological polar surface area (TPSA) is 80.9 Å². The van der Waals surface area contributed by atoms with Gasteiger partial charge in [0, 0.05) is 0 Å². The monoisotopic (exact) mass is 292 g/mol. The van der Waals surface area contributed by atoms with E-state index >= 15 is 0 Å². The third-order valence-corrected chi connectivity index (χ3v) is 3.39. The summed E-state index contributed by atoms with van der Waals surface area (Å²) in [6.45, 7) is 5.42. The van der Waals surface area contributed by atoms with E-state index in [1.165, 1.54) is 4.68 Å².